The van der Waals surface area contributed by atoms with Crippen LogP contribution in [-0.4, -0.2) is 24.7 Å². The molecule has 1 aromatic rings. The molecule has 0 spiro atoms. The second-order valence-corrected chi connectivity index (χ2v) is 3.23. The van der Waals surface area contributed by atoms with Crippen LogP contribution in [-0.2, 0) is 0 Å². The van der Waals surface area contributed by atoms with Crippen molar-refractivity contribution in [2.75, 3.05) is 19.3 Å². The number of nitrogen functional groups attached to an aromatic ring is 1. The number of hydrogen-bond acceptors (Lipinski definition) is 3. The molecule has 0 heterocycles. The van der Waals surface area contributed by atoms with Gasteiger partial charge in [0.05, 0.1) is 11.3 Å². The average Bonchev–Trinajstić information content (AvgIpc) is 2.26. The lowest BCUT2D eigenvalue weighted by Crippen LogP contribution is -2.06. The van der Waals surface area contributed by atoms with E-state index in [2.05, 4.69) is 17.2 Å². The van der Waals surface area contributed by atoms with Gasteiger partial charge in [-0.25, -0.2) is 4.79 Å². The molecule has 0 aliphatic heterocycles. The van der Waals surface area contributed by atoms with Crippen molar-refractivity contribution in [3.63, 3.8) is 0 Å². The van der Waals surface area contributed by atoms with Gasteiger partial charge in [-0.2, -0.15) is 0 Å². The number of anilines is 1. The lowest BCUT2D eigenvalue weighted by molar-refractivity contribution is 0.0698. The largest absolute Gasteiger partial charge is 0.478 e. The number of benzene rings is 1. The summed E-state index contributed by atoms with van der Waals surface area (Å²) in [5, 5.41) is 11.8. The molecule has 0 atom stereocenters. The fourth-order valence-corrected chi connectivity index (χ4v) is 1.21. The van der Waals surface area contributed by atoms with Crippen LogP contribution in [0.1, 0.15) is 22.3 Å². The number of nitrogens with one attached hydrogen (secondary N) is 1. The zero-order valence-electron chi connectivity index (χ0n) is 9.08. The number of carboxylic acids is 1. The summed E-state index contributed by atoms with van der Waals surface area (Å²) in [7, 11) is 1.85. The minimum absolute atomic E-state index is 0.0976. The third-order valence-electron chi connectivity index (χ3n) is 2.06. The highest BCUT2D eigenvalue weighted by Gasteiger charge is 2.09. The number of nitrogens with two attached hydrogens (primary N) is 1. The Labute approximate surface area is 94.5 Å². The summed E-state index contributed by atoms with van der Waals surface area (Å²) >= 11 is 0. The summed E-state index contributed by atoms with van der Waals surface area (Å²) in [4.78, 5) is 10.8. The Morgan fingerprint density at radius 2 is 2.31 bits per heavy atom. The Hall–Kier alpha value is -1.99. The van der Waals surface area contributed by atoms with Gasteiger partial charge >= 0.3 is 5.97 Å². The highest BCUT2D eigenvalue weighted by molar-refractivity contribution is 5.95. The van der Waals surface area contributed by atoms with E-state index in [-0.39, 0.29) is 11.3 Å². The van der Waals surface area contributed by atoms with Gasteiger partial charge in [-0.15, -0.1) is 0 Å². The maximum absolute atomic E-state index is 10.8. The molecule has 1 aromatic carbocycles. The van der Waals surface area contributed by atoms with Crippen LogP contribution in [0.25, 0.3) is 0 Å². The number of hydrogen-bond donors (Lipinski definition) is 3. The molecule has 1 rings (SSSR count). The van der Waals surface area contributed by atoms with Crippen molar-refractivity contribution in [2.45, 2.75) is 6.42 Å². The van der Waals surface area contributed by atoms with Gasteiger partial charge in [0.25, 0.3) is 0 Å². The molecule has 4 heteroatoms. The summed E-state index contributed by atoms with van der Waals surface area (Å²) in [6.45, 7) is 0.797. The Kier molecular flexibility index (Phi) is 4.37. The van der Waals surface area contributed by atoms with Crippen LogP contribution in [0.15, 0.2) is 18.2 Å². The molecular formula is C12H14N2O2. The van der Waals surface area contributed by atoms with E-state index in [1.165, 1.54) is 6.07 Å². The topological polar surface area (TPSA) is 75.3 Å². The highest BCUT2D eigenvalue weighted by atomic mass is 16.4. The van der Waals surface area contributed by atoms with Gasteiger partial charge in [-0.3, -0.25) is 0 Å². The normalized spacial score (nSPS) is 9.31. The van der Waals surface area contributed by atoms with E-state index in [4.69, 9.17) is 10.8 Å². The van der Waals surface area contributed by atoms with Crippen molar-refractivity contribution >= 4 is 11.7 Å². The minimum Gasteiger partial charge on any atom is -0.478 e. The van der Waals surface area contributed by atoms with E-state index in [1.807, 2.05) is 7.05 Å². The summed E-state index contributed by atoms with van der Waals surface area (Å²) < 4.78 is 0. The summed E-state index contributed by atoms with van der Waals surface area (Å²) in [5.41, 5.74) is 6.59. The molecule has 0 amide bonds. The molecule has 0 unspecified atom stereocenters. The third-order valence-corrected chi connectivity index (χ3v) is 2.06. The average molecular weight is 218 g/mol. The summed E-state index contributed by atoms with van der Waals surface area (Å²) in [6.07, 6.45) is 0.702. The maximum Gasteiger partial charge on any atom is 0.337 e. The van der Waals surface area contributed by atoms with Crippen molar-refractivity contribution in [2.24, 2.45) is 0 Å². The molecule has 0 aliphatic rings. The molecule has 0 fully saturated rings. The van der Waals surface area contributed by atoms with Crippen LogP contribution >= 0.6 is 0 Å². The fourth-order valence-electron chi connectivity index (χ4n) is 1.21. The minimum atomic E-state index is -1.03. The number of para-hydroxylation sites is 1. The van der Waals surface area contributed by atoms with Crippen molar-refractivity contribution in [1.29, 1.82) is 0 Å². The molecule has 16 heavy (non-hydrogen) atoms. The summed E-state index contributed by atoms with van der Waals surface area (Å²) in [6, 6.07) is 4.83. The predicted octanol–water partition coefficient (Wildman–Crippen LogP) is 0.928. The van der Waals surface area contributed by atoms with Gasteiger partial charge in [0.1, 0.15) is 0 Å². The van der Waals surface area contributed by atoms with Gasteiger partial charge < -0.3 is 16.2 Å². The van der Waals surface area contributed by atoms with Crippen LogP contribution in [0.2, 0.25) is 0 Å². The Morgan fingerprint density at radius 3 is 2.94 bits per heavy atom. The van der Waals surface area contributed by atoms with E-state index in [9.17, 15) is 4.79 Å². The Morgan fingerprint density at radius 1 is 1.56 bits per heavy atom. The monoisotopic (exact) mass is 218 g/mol. The van der Waals surface area contributed by atoms with Gasteiger partial charge in [0, 0.05) is 18.5 Å². The predicted molar refractivity (Wildman–Crippen MR) is 63.2 cm³/mol. The van der Waals surface area contributed by atoms with E-state index in [1.54, 1.807) is 12.1 Å². The number of carboxylic acid groups (broad SMARTS) is 1. The SMILES string of the molecule is CNCCC#Cc1cccc(C(=O)O)c1N. The first kappa shape index (κ1) is 12.1. The van der Waals surface area contributed by atoms with Crippen molar-refractivity contribution in [3.05, 3.63) is 29.3 Å². The molecule has 4 nitrogen and oxygen atoms in total. The summed E-state index contributed by atoms with van der Waals surface area (Å²) in [5.74, 6) is 4.76. The van der Waals surface area contributed by atoms with Crippen molar-refractivity contribution in [3.8, 4) is 11.8 Å². The number of rotatable bonds is 3. The smallest absolute Gasteiger partial charge is 0.337 e. The van der Waals surface area contributed by atoms with Crippen molar-refractivity contribution < 1.29 is 9.90 Å². The highest BCUT2D eigenvalue weighted by Crippen LogP contribution is 2.16. The van der Waals surface area contributed by atoms with E-state index in [0.717, 1.165) is 6.54 Å². The van der Waals surface area contributed by atoms with E-state index in [0.29, 0.717) is 12.0 Å². The molecular weight excluding hydrogens is 204 g/mol. The standard InChI is InChI=1S/C12H14N2O2/c1-14-8-3-2-5-9-6-4-7-10(11(9)13)12(15)16/h4,6-7,14H,3,8,13H2,1H3,(H,15,16). The number of aromatic carboxylic acids is 1. The van der Waals surface area contributed by atoms with E-state index >= 15 is 0 Å². The second-order valence-electron chi connectivity index (χ2n) is 3.23. The van der Waals surface area contributed by atoms with Gasteiger partial charge in [0.2, 0.25) is 0 Å². The van der Waals surface area contributed by atoms with Crippen LogP contribution in [0.3, 0.4) is 0 Å². The van der Waals surface area contributed by atoms with Crippen LogP contribution < -0.4 is 11.1 Å². The molecule has 0 aromatic heterocycles. The quantitative estimate of drug-likeness (QED) is 0.401. The fraction of sp³-hybridized carbons (Fsp3) is 0.250. The molecule has 0 saturated heterocycles. The molecule has 0 saturated carbocycles. The maximum atomic E-state index is 10.8. The van der Waals surface area contributed by atoms with Crippen LogP contribution in [0, 0.1) is 11.8 Å². The molecule has 0 radical (unpaired) electrons. The Bertz CT molecular complexity index is 444. The van der Waals surface area contributed by atoms with Crippen molar-refractivity contribution in [1.82, 2.24) is 5.32 Å². The molecule has 0 aliphatic carbocycles. The van der Waals surface area contributed by atoms with Gasteiger partial charge in [0.15, 0.2) is 0 Å². The van der Waals surface area contributed by atoms with Gasteiger partial charge in [-0.05, 0) is 19.2 Å². The zero-order chi connectivity index (χ0) is 12.0. The number of carbonyl (C=O) groups is 1. The van der Waals surface area contributed by atoms with Crippen LogP contribution in [0.4, 0.5) is 5.69 Å². The molecule has 4 N–H and O–H groups in total. The first-order chi connectivity index (χ1) is 7.66. The third kappa shape index (κ3) is 3.01. The molecule has 0 bridgehead atoms. The van der Waals surface area contributed by atoms with Gasteiger partial charge in [-0.1, -0.05) is 17.9 Å². The zero-order valence-corrected chi connectivity index (χ0v) is 9.08. The van der Waals surface area contributed by atoms with Crippen LogP contribution in [0.5, 0.6) is 0 Å². The van der Waals surface area contributed by atoms with E-state index < -0.39 is 5.97 Å². The molecule has 84 valence electrons. The second kappa shape index (κ2) is 5.79. The Balaban J connectivity index is 2.92. The first-order valence-electron chi connectivity index (χ1n) is 4.92. The lowest BCUT2D eigenvalue weighted by atomic mass is 10.1. The first-order valence-corrected chi connectivity index (χ1v) is 4.92. The lowest BCUT2D eigenvalue weighted by Gasteiger charge is -2.02.